The lowest BCUT2D eigenvalue weighted by Crippen LogP contribution is -2.30. The first-order valence-electron chi connectivity index (χ1n) is 6.10. The Labute approximate surface area is 112 Å². The number of hydrogen-bond acceptors (Lipinski definition) is 1. The van der Waals surface area contributed by atoms with Crippen LogP contribution in [-0.4, -0.2) is 12.6 Å². The topological polar surface area (TPSA) is 12.0 Å². The van der Waals surface area contributed by atoms with E-state index in [0.29, 0.717) is 16.4 Å². The maximum atomic E-state index is 13.9. The van der Waals surface area contributed by atoms with Crippen molar-refractivity contribution < 1.29 is 4.39 Å². The largest absolute Gasteiger partial charge is 0.314 e. The van der Waals surface area contributed by atoms with Gasteiger partial charge in [0.1, 0.15) is 5.82 Å². The van der Waals surface area contributed by atoms with Gasteiger partial charge in [0.05, 0.1) is 4.47 Å². The zero-order valence-electron chi connectivity index (χ0n) is 10.9. The highest BCUT2D eigenvalue weighted by Crippen LogP contribution is 2.29. The second-order valence-electron chi connectivity index (χ2n) is 4.97. The second-order valence-corrected chi connectivity index (χ2v) is 5.83. The summed E-state index contributed by atoms with van der Waals surface area (Å²) in [5, 5.41) is 3.40. The highest BCUT2D eigenvalue weighted by Gasteiger charge is 2.18. The van der Waals surface area contributed by atoms with E-state index in [1.165, 1.54) is 0 Å². The zero-order valence-corrected chi connectivity index (χ0v) is 12.5. The monoisotopic (exact) mass is 301 g/mol. The van der Waals surface area contributed by atoms with E-state index < -0.39 is 0 Å². The molecule has 1 aromatic carbocycles. The minimum absolute atomic E-state index is 0.128. The molecule has 0 radical (unpaired) electrons. The highest BCUT2D eigenvalue weighted by molar-refractivity contribution is 9.10. The van der Waals surface area contributed by atoms with Gasteiger partial charge < -0.3 is 5.32 Å². The van der Waals surface area contributed by atoms with E-state index in [-0.39, 0.29) is 11.7 Å². The molecule has 0 bridgehead atoms. The summed E-state index contributed by atoms with van der Waals surface area (Å²) in [5.41, 5.74) is 0.789. The predicted octanol–water partition coefficient (Wildman–Crippen LogP) is 4.33. The number of halogens is 2. The standard InChI is InChI=1S/C14H21BrFN/c1-9(2)17-8-10(3)11(4)12-6-5-7-13(15)14(12)16/h5-7,9-11,17H,8H2,1-4H3. The van der Waals surface area contributed by atoms with E-state index >= 15 is 0 Å². The highest BCUT2D eigenvalue weighted by atomic mass is 79.9. The van der Waals surface area contributed by atoms with E-state index in [1.54, 1.807) is 6.07 Å². The van der Waals surface area contributed by atoms with Gasteiger partial charge in [0.25, 0.3) is 0 Å². The normalized spacial score (nSPS) is 15.0. The van der Waals surface area contributed by atoms with Gasteiger partial charge >= 0.3 is 0 Å². The second kappa shape index (κ2) is 6.50. The molecule has 2 unspecified atom stereocenters. The van der Waals surface area contributed by atoms with Crippen LogP contribution in [-0.2, 0) is 0 Å². The lowest BCUT2D eigenvalue weighted by atomic mass is 9.88. The lowest BCUT2D eigenvalue weighted by molar-refractivity contribution is 0.416. The average molecular weight is 302 g/mol. The smallest absolute Gasteiger partial charge is 0.140 e. The van der Waals surface area contributed by atoms with Crippen molar-refractivity contribution in [2.45, 2.75) is 39.7 Å². The van der Waals surface area contributed by atoms with Crippen LogP contribution in [0.2, 0.25) is 0 Å². The Morgan fingerprint density at radius 3 is 2.47 bits per heavy atom. The molecule has 1 rings (SSSR count). The molecule has 1 N–H and O–H groups in total. The summed E-state index contributed by atoms with van der Waals surface area (Å²) in [7, 11) is 0. The Balaban J connectivity index is 2.74. The summed E-state index contributed by atoms with van der Waals surface area (Å²) in [4.78, 5) is 0. The Kier molecular flexibility index (Phi) is 5.60. The minimum Gasteiger partial charge on any atom is -0.314 e. The zero-order chi connectivity index (χ0) is 13.0. The van der Waals surface area contributed by atoms with Gasteiger partial charge in [-0.1, -0.05) is 39.8 Å². The van der Waals surface area contributed by atoms with Gasteiger partial charge in [0.15, 0.2) is 0 Å². The molecular weight excluding hydrogens is 281 g/mol. The van der Waals surface area contributed by atoms with Crippen molar-refractivity contribution in [1.29, 1.82) is 0 Å². The summed E-state index contributed by atoms with van der Waals surface area (Å²) in [6, 6.07) is 5.97. The van der Waals surface area contributed by atoms with E-state index in [2.05, 4.69) is 48.9 Å². The Morgan fingerprint density at radius 2 is 1.88 bits per heavy atom. The molecule has 2 atom stereocenters. The third kappa shape index (κ3) is 4.07. The van der Waals surface area contributed by atoms with Crippen LogP contribution in [0.4, 0.5) is 4.39 Å². The van der Waals surface area contributed by atoms with Crippen molar-refractivity contribution in [3.05, 3.63) is 34.1 Å². The summed E-state index contributed by atoms with van der Waals surface area (Å²) < 4.78 is 14.5. The maximum absolute atomic E-state index is 13.9. The Hall–Kier alpha value is -0.410. The Morgan fingerprint density at radius 1 is 1.24 bits per heavy atom. The molecule has 1 nitrogen and oxygen atoms in total. The van der Waals surface area contributed by atoms with Gasteiger partial charge in [-0.2, -0.15) is 0 Å². The van der Waals surface area contributed by atoms with E-state index in [9.17, 15) is 4.39 Å². The first-order chi connectivity index (χ1) is 7.93. The summed E-state index contributed by atoms with van der Waals surface area (Å²) >= 11 is 3.24. The molecule has 96 valence electrons. The third-order valence-electron chi connectivity index (χ3n) is 3.17. The van der Waals surface area contributed by atoms with Crippen LogP contribution in [0.25, 0.3) is 0 Å². The van der Waals surface area contributed by atoms with Crippen molar-refractivity contribution in [2.24, 2.45) is 5.92 Å². The van der Waals surface area contributed by atoms with Crippen LogP contribution in [0.5, 0.6) is 0 Å². The van der Waals surface area contributed by atoms with Crippen LogP contribution in [0.1, 0.15) is 39.2 Å². The molecule has 0 aliphatic heterocycles. The van der Waals surface area contributed by atoms with Gasteiger partial charge in [-0.25, -0.2) is 4.39 Å². The predicted molar refractivity (Wildman–Crippen MR) is 74.8 cm³/mol. The van der Waals surface area contributed by atoms with Gasteiger partial charge in [-0.05, 0) is 45.9 Å². The molecule has 17 heavy (non-hydrogen) atoms. The molecular formula is C14H21BrFN. The molecule has 0 amide bonds. The fourth-order valence-electron chi connectivity index (χ4n) is 1.78. The number of nitrogens with one attached hydrogen (secondary N) is 1. The number of benzene rings is 1. The third-order valence-corrected chi connectivity index (χ3v) is 3.79. The molecule has 0 saturated carbocycles. The van der Waals surface area contributed by atoms with Gasteiger partial charge in [0.2, 0.25) is 0 Å². The van der Waals surface area contributed by atoms with Gasteiger partial charge in [-0.3, -0.25) is 0 Å². The summed E-state index contributed by atoms with van der Waals surface area (Å²) in [6.07, 6.45) is 0. The minimum atomic E-state index is -0.128. The fraction of sp³-hybridized carbons (Fsp3) is 0.571. The molecule has 0 aromatic heterocycles. The molecule has 0 fully saturated rings. The van der Waals surface area contributed by atoms with Gasteiger partial charge in [-0.15, -0.1) is 0 Å². The van der Waals surface area contributed by atoms with Crippen molar-refractivity contribution in [1.82, 2.24) is 5.32 Å². The van der Waals surface area contributed by atoms with Gasteiger partial charge in [0, 0.05) is 6.04 Å². The van der Waals surface area contributed by atoms with Crippen molar-refractivity contribution in [3.8, 4) is 0 Å². The van der Waals surface area contributed by atoms with Crippen LogP contribution in [0, 0.1) is 11.7 Å². The molecule has 0 saturated heterocycles. The van der Waals surface area contributed by atoms with E-state index in [0.717, 1.165) is 12.1 Å². The number of rotatable bonds is 5. The lowest BCUT2D eigenvalue weighted by Gasteiger charge is -2.22. The quantitative estimate of drug-likeness (QED) is 0.854. The van der Waals surface area contributed by atoms with E-state index in [4.69, 9.17) is 0 Å². The fourth-order valence-corrected chi connectivity index (χ4v) is 2.16. The molecule has 0 heterocycles. The first-order valence-corrected chi connectivity index (χ1v) is 6.90. The molecule has 3 heteroatoms. The summed E-state index contributed by atoms with van der Waals surface area (Å²) in [5.74, 6) is 0.483. The summed E-state index contributed by atoms with van der Waals surface area (Å²) in [6.45, 7) is 9.39. The number of hydrogen-bond donors (Lipinski definition) is 1. The van der Waals surface area contributed by atoms with Crippen LogP contribution < -0.4 is 5.32 Å². The maximum Gasteiger partial charge on any atom is 0.140 e. The molecule has 0 aliphatic rings. The van der Waals surface area contributed by atoms with E-state index in [1.807, 2.05) is 12.1 Å². The molecule has 0 spiro atoms. The van der Waals surface area contributed by atoms with Crippen molar-refractivity contribution >= 4 is 15.9 Å². The average Bonchev–Trinajstić information content (AvgIpc) is 2.28. The SMILES string of the molecule is CC(C)NCC(C)C(C)c1cccc(Br)c1F. The first kappa shape index (κ1) is 14.7. The van der Waals surface area contributed by atoms with Crippen LogP contribution >= 0.6 is 15.9 Å². The van der Waals surface area contributed by atoms with Crippen molar-refractivity contribution in [3.63, 3.8) is 0 Å². The Bertz CT molecular complexity index is 365. The molecule has 1 aromatic rings. The molecule has 0 aliphatic carbocycles. The van der Waals surface area contributed by atoms with Crippen LogP contribution in [0.15, 0.2) is 22.7 Å². The van der Waals surface area contributed by atoms with Crippen LogP contribution in [0.3, 0.4) is 0 Å². The van der Waals surface area contributed by atoms with Crippen molar-refractivity contribution in [2.75, 3.05) is 6.54 Å².